The van der Waals surface area contributed by atoms with Gasteiger partial charge in [-0.05, 0) is 55.7 Å². The van der Waals surface area contributed by atoms with Crippen molar-refractivity contribution in [2.75, 3.05) is 0 Å². The van der Waals surface area contributed by atoms with E-state index < -0.39 is 0 Å². The van der Waals surface area contributed by atoms with E-state index in [1.165, 1.54) is 24.0 Å². The lowest BCUT2D eigenvalue weighted by Gasteiger charge is -2.13. The molecule has 0 saturated heterocycles. The molecule has 2 aromatic carbocycles. The van der Waals surface area contributed by atoms with E-state index in [1.807, 2.05) is 24.3 Å². The predicted molar refractivity (Wildman–Crippen MR) is 93.0 cm³/mol. The topological polar surface area (TPSA) is 21.3 Å². The van der Waals surface area contributed by atoms with Crippen LogP contribution in [0.25, 0.3) is 0 Å². The second-order valence-electron chi connectivity index (χ2n) is 5.42. The van der Waals surface area contributed by atoms with Gasteiger partial charge in [0.15, 0.2) is 0 Å². The maximum absolute atomic E-state index is 6.09. The van der Waals surface area contributed by atoms with Crippen molar-refractivity contribution >= 4 is 31.9 Å². The molecule has 0 radical (unpaired) electrons. The highest BCUT2D eigenvalue weighted by molar-refractivity contribution is 9.10. The van der Waals surface area contributed by atoms with Crippen LogP contribution in [0.3, 0.4) is 0 Å². The zero-order chi connectivity index (χ0) is 14.8. The molecule has 0 aromatic heterocycles. The molecule has 0 heterocycles. The Morgan fingerprint density at radius 3 is 2.67 bits per heavy atom. The minimum atomic E-state index is 0.691. The van der Waals surface area contributed by atoms with Gasteiger partial charge in [-0.1, -0.05) is 37.9 Å². The number of hydrogen-bond acceptors (Lipinski definition) is 2. The van der Waals surface area contributed by atoms with Gasteiger partial charge in [-0.15, -0.1) is 0 Å². The Morgan fingerprint density at radius 1 is 1.14 bits per heavy atom. The van der Waals surface area contributed by atoms with Gasteiger partial charge in [0, 0.05) is 27.1 Å². The first-order chi connectivity index (χ1) is 10.1. The SMILES string of the molecule is Cc1cc(Oc2cc(Br)ccc2CNC2CC2)ccc1Br. The molecule has 1 N–H and O–H groups in total. The molecule has 0 spiro atoms. The lowest BCUT2D eigenvalue weighted by Crippen LogP contribution is -2.15. The maximum Gasteiger partial charge on any atom is 0.133 e. The summed E-state index contributed by atoms with van der Waals surface area (Å²) in [6.45, 7) is 2.91. The van der Waals surface area contributed by atoms with E-state index >= 15 is 0 Å². The van der Waals surface area contributed by atoms with Gasteiger partial charge in [-0.3, -0.25) is 0 Å². The van der Waals surface area contributed by atoms with Crippen LogP contribution in [-0.2, 0) is 6.54 Å². The zero-order valence-electron chi connectivity index (χ0n) is 11.8. The third-order valence-corrected chi connectivity index (χ3v) is 4.93. The fourth-order valence-electron chi connectivity index (χ4n) is 2.12. The van der Waals surface area contributed by atoms with Crippen molar-refractivity contribution < 1.29 is 4.74 Å². The number of hydrogen-bond donors (Lipinski definition) is 1. The van der Waals surface area contributed by atoms with Gasteiger partial charge >= 0.3 is 0 Å². The number of rotatable bonds is 5. The molecule has 0 amide bonds. The van der Waals surface area contributed by atoms with Gasteiger partial charge in [0.1, 0.15) is 11.5 Å². The number of nitrogens with one attached hydrogen (secondary N) is 1. The largest absolute Gasteiger partial charge is 0.457 e. The van der Waals surface area contributed by atoms with Crippen molar-refractivity contribution in [3.05, 3.63) is 56.5 Å². The van der Waals surface area contributed by atoms with Gasteiger partial charge in [0.05, 0.1) is 0 Å². The van der Waals surface area contributed by atoms with Crippen molar-refractivity contribution in [1.29, 1.82) is 0 Å². The number of ether oxygens (including phenoxy) is 1. The lowest BCUT2D eigenvalue weighted by atomic mass is 10.2. The Balaban J connectivity index is 1.81. The van der Waals surface area contributed by atoms with Gasteiger partial charge in [-0.2, -0.15) is 0 Å². The molecule has 0 bridgehead atoms. The average Bonchev–Trinajstić information content (AvgIpc) is 3.26. The van der Waals surface area contributed by atoms with E-state index in [0.29, 0.717) is 6.04 Å². The molecule has 110 valence electrons. The molecule has 1 saturated carbocycles. The van der Waals surface area contributed by atoms with E-state index in [1.54, 1.807) is 0 Å². The Kier molecular flexibility index (Phi) is 4.67. The Hall–Kier alpha value is -0.840. The molecular weight excluding hydrogens is 394 g/mol. The maximum atomic E-state index is 6.09. The van der Waals surface area contributed by atoms with Crippen LogP contribution in [0.1, 0.15) is 24.0 Å². The van der Waals surface area contributed by atoms with Crippen LogP contribution >= 0.6 is 31.9 Å². The normalized spacial score (nSPS) is 14.2. The summed E-state index contributed by atoms with van der Waals surface area (Å²) in [5.41, 5.74) is 2.35. The van der Waals surface area contributed by atoms with Crippen molar-refractivity contribution in [2.24, 2.45) is 0 Å². The second-order valence-corrected chi connectivity index (χ2v) is 7.19. The highest BCUT2D eigenvalue weighted by atomic mass is 79.9. The summed E-state index contributed by atoms with van der Waals surface area (Å²) in [5, 5.41) is 3.54. The summed E-state index contributed by atoms with van der Waals surface area (Å²) in [7, 11) is 0. The van der Waals surface area contributed by atoms with E-state index in [4.69, 9.17) is 4.74 Å². The smallest absolute Gasteiger partial charge is 0.133 e. The van der Waals surface area contributed by atoms with Crippen LogP contribution in [0, 0.1) is 6.92 Å². The molecule has 0 unspecified atom stereocenters. The summed E-state index contributed by atoms with van der Waals surface area (Å²) in [6, 6.07) is 12.9. The van der Waals surface area contributed by atoms with Gasteiger partial charge in [0.2, 0.25) is 0 Å². The van der Waals surface area contributed by atoms with Crippen molar-refractivity contribution in [1.82, 2.24) is 5.32 Å². The quantitative estimate of drug-likeness (QED) is 0.696. The van der Waals surface area contributed by atoms with Crippen LogP contribution in [0.4, 0.5) is 0 Å². The fraction of sp³-hybridized carbons (Fsp3) is 0.294. The Morgan fingerprint density at radius 2 is 1.95 bits per heavy atom. The molecular formula is C17H17Br2NO. The molecule has 2 aromatic rings. The summed E-state index contributed by atoms with van der Waals surface area (Å²) in [4.78, 5) is 0. The number of halogens is 2. The first-order valence-corrected chi connectivity index (χ1v) is 8.66. The fourth-order valence-corrected chi connectivity index (χ4v) is 2.71. The first-order valence-electron chi connectivity index (χ1n) is 7.07. The van der Waals surface area contributed by atoms with Gasteiger partial charge < -0.3 is 10.1 Å². The molecule has 1 aliphatic carbocycles. The van der Waals surface area contributed by atoms with E-state index in [9.17, 15) is 0 Å². The van der Waals surface area contributed by atoms with E-state index in [0.717, 1.165) is 27.0 Å². The number of benzene rings is 2. The van der Waals surface area contributed by atoms with Crippen molar-refractivity contribution in [2.45, 2.75) is 32.4 Å². The Bertz CT molecular complexity index is 653. The molecule has 1 fully saturated rings. The zero-order valence-corrected chi connectivity index (χ0v) is 15.0. The van der Waals surface area contributed by atoms with Gasteiger partial charge in [-0.25, -0.2) is 0 Å². The van der Waals surface area contributed by atoms with Crippen LogP contribution in [-0.4, -0.2) is 6.04 Å². The summed E-state index contributed by atoms with van der Waals surface area (Å²) in [5.74, 6) is 1.76. The third kappa shape index (κ3) is 4.09. The van der Waals surface area contributed by atoms with Crippen LogP contribution in [0.2, 0.25) is 0 Å². The average molecular weight is 411 g/mol. The summed E-state index contributed by atoms with van der Waals surface area (Å²) < 4.78 is 8.21. The van der Waals surface area contributed by atoms with Crippen molar-refractivity contribution in [3.8, 4) is 11.5 Å². The molecule has 1 aliphatic rings. The van der Waals surface area contributed by atoms with Crippen LogP contribution in [0.15, 0.2) is 45.3 Å². The summed E-state index contributed by atoms with van der Waals surface area (Å²) in [6.07, 6.45) is 2.58. The first kappa shape index (κ1) is 15.1. The molecule has 21 heavy (non-hydrogen) atoms. The highest BCUT2D eigenvalue weighted by Crippen LogP contribution is 2.31. The van der Waals surface area contributed by atoms with Crippen LogP contribution < -0.4 is 10.1 Å². The molecule has 4 heteroatoms. The molecule has 0 aliphatic heterocycles. The van der Waals surface area contributed by atoms with Crippen molar-refractivity contribution in [3.63, 3.8) is 0 Å². The van der Waals surface area contributed by atoms with E-state index in [2.05, 4.69) is 56.2 Å². The minimum Gasteiger partial charge on any atom is -0.457 e. The molecule has 0 atom stereocenters. The predicted octanol–water partition coefficient (Wildman–Crippen LogP) is 5.56. The molecule has 2 nitrogen and oxygen atoms in total. The third-order valence-electron chi connectivity index (χ3n) is 3.54. The monoisotopic (exact) mass is 409 g/mol. The summed E-state index contributed by atoms with van der Waals surface area (Å²) >= 11 is 7.04. The lowest BCUT2D eigenvalue weighted by molar-refractivity contribution is 0.471. The van der Waals surface area contributed by atoms with E-state index in [-0.39, 0.29) is 0 Å². The van der Waals surface area contributed by atoms with Crippen LogP contribution in [0.5, 0.6) is 11.5 Å². The second kappa shape index (κ2) is 6.51. The van der Waals surface area contributed by atoms with Gasteiger partial charge in [0.25, 0.3) is 0 Å². The number of aryl methyl sites for hydroxylation is 1. The standard InChI is InChI=1S/C17H17Br2NO/c1-11-8-15(6-7-16(11)19)21-17-9-13(18)3-2-12(17)10-20-14-4-5-14/h2-3,6-9,14,20H,4-5,10H2,1H3. The minimum absolute atomic E-state index is 0.691. The highest BCUT2D eigenvalue weighted by Gasteiger charge is 2.20. The Labute approximate surface area is 142 Å². The molecule has 3 rings (SSSR count).